The van der Waals surface area contributed by atoms with Gasteiger partial charge in [0.15, 0.2) is 0 Å². The summed E-state index contributed by atoms with van der Waals surface area (Å²) in [5, 5.41) is 0. The Balaban J connectivity index is 2.05. The normalized spacial score (nSPS) is 47.0. The molecule has 0 heterocycles. The van der Waals surface area contributed by atoms with Crippen LogP contribution in [0.1, 0.15) is 19.3 Å². The standard InChI is InChI=1S/C14H18O/c1-10-4-3-5-12-11-6-8-14(10,12)9-7-13(11)15-2/h6-9,11-13H,1,3-5H2,2H3/t11?,12?,13-,14?/m0/s1. The number of methoxy groups -OCH3 is 1. The van der Waals surface area contributed by atoms with E-state index in [1.54, 1.807) is 0 Å². The molecule has 1 heteroatoms. The number of allylic oxidation sites excluding steroid dienone is 3. The van der Waals surface area contributed by atoms with E-state index in [4.69, 9.17) is 4.74 Å². The van der Waals surface area contributed by atoms with Gasteiger partial charge < -0.3 is 4.74 Å². The number of ether oxygens (including phenoxy) is 1. The Hall–Kier alpha value is -0.820. The van der Waals surface area contributed by atoms with Crippen LogP contribution in [0.3, 0.4) is 0 Å². The van der Waals surface area contributed by atoms with Crippen molar-refractivity contribution in [1.82, 2.24) is 0 Å². The summed E-state index contributed by atoms with van der Waals surface area (Å²) in [5.74, 6) is 1.30. The molecule has 1 fully saturated rings. The van der Waals surface area contributed by atoms with E-state index in [1.807, 2.05) is 7.11 Å². The van der Waals surface area contributed by atoms with Crippen LogP contribution < -0.4 is 0 Å². The Morgan fingerprint density at radius 3 is 3.00 bits per heavy atom. The lowest BCUT2D eigenvalue weighted by molar-refractivity contribution is 0.0548. The first kappa shape index (κ1) is 9.41. The fraction of sp³-hybridized carbons (Fsp3) is 0.571. The first-order valence-corrected chi connectivity index (χ1v) is 5.88. The molecule has 2 bridgehead atoms. The molecule has 0 spiro atoms. The molecule has 0 aromatic rings. The molecule has 0 aliphatic heterocycles. The van der Waals surface area contributed by atoms with Gasteiger partial charge in [-0.3, -0.25) is 0 Å². The fourth-order valence-corrected chi connectivity index (χ4v) is 3.66. The highest BCUT2D eigenvalue weighted by atomic mass is 16.5. The summed E-state index contributed by atoms with van der Waals surface area (Å²) in [7, 11) is 1.81. The largest absolute Gasteiger partial charge is 0.377 e. The lowest BCUT2D eigenvalue weighted by Gasteiger charge is -2.45. The van der Waals surface area contributed by atoms with Crippen LogP contribution in [0.15, 0.2) is 36.5 Å². The summed E-state index contributed by atoms with van der Waals surface area (Å²) in [6, 6.07) is 0. The van der Waals surface area contributed by atoms with Crippen LogP contribution in [0.25, 0.3) is 0 Å². The van der Waals surface area contributed by atoms with E-state index >= 15 is 0 Å². The van der Waals surface area contributed by atoms with Crippen molar-refractivity contribution in [2.24, 2.45) is 17.3 Å². The minimum Gasteiger partial charge on any atom is -0.377 e. The predicted molar refractivity (Wildman–Crippen MR) is 61.5 cm³/mol. The Labute approximate surface area is 91.5 Å². The Bertz CT molecular complexity index is 352. The van der Waals surface area contributed by atoms with Crippen LogP contribution in [-0.4, -0.2) is 13.2 Å². The van der Waals surface area contributed by atoms with Gasteiger partial charge in [0.2, 0.25) is 0 Å². The molecule has 0 aromatic carbocycles. The zero-order valence-corrected chi connectivity index (χ0v) is 9.28. The number of hydrogen-bond acceptors (Lipinski definition) is 1. The van der Waals surface area contributed by atoms with Crippen LogP contribution in [0, 0.1) is 17.3 Å². The fourth-order valence-electron chi connectivity index (χ4n) is 3.66. The van der Waals surface area contributed by atoms with Gasteiger partial charge in [0.25, 0.3) is 0 Å². The highest BCUT2D eigenvalue weighted by molar-refractivity contribution is 5.40. The molecule has 80 valence electrons. The summed E-state index contributed by atoms with van der Waals surface area (Å²) in [4.78, 5) is 0. The van der Waals surface area contributed by atoms with Gasteiger partial charge in [-0.1, -0.05) is 36.5 Å². The molecule has 1 saturated carbocycles. The summed E-state index contributed by atoms with van der Waals surface area (Å²) >= 11 is 0. The first-order chi connectivity index (χ1) is 7.28. The third kappa shape index (κ3) is 1.07. The van der Waals surface area contributed by atoms with Crippen molar-refractivity contribution in [3.05, 3.63) is 36.5 Å². The van der Waals surface area contributed by atoms with E-state index in [-0.39, 0.29) is 11.5 Å². The van der Waals surface area contributed by atoms with Gasteiger partial charge in [-0.25, -0.2) is 0 Å². The van der Waals surface area contributed by atoms with Gasteiger partial charge in [0.1, 0.15) is 0 Å². The van der Waals surface area contributed by atoms with E-state index < -0.39 is 0 Å². The van der Waals surface area contributed by atoms with Gasteiger partial charge in [0.05, 0.1) is 6.10 Å². The van der Waals surface area contributed by atoms with Crippen LogP contribution in [0.2, 0.25) is 0 Å². The average molecular weight is 202 g/mol. The van der Waals surface area contributed by atoms with Crippen molar-refractivity contribution in [3.8, 4) is 0 Å². The van der Waals surface area contributed by atoms with Gasteiger partial charge in [-0.15, -0.1) is 0 Å². The van der Waals surface area contributed by atoms with Gasteiger partial charge in [-0.05, 0) is 25.2 Å². The first-order valence-electron chi connectivity index (χ1n) is 5.88. The summed E-state index contributed by atoms with van der Waals surface area (Å²) in [6.45, 7) is 4.28. The Morgan fingerprint density at radius 1 is 1.40 bits per heavy atom. The Kier molecular flexibility index (Phi) is 1.93. The van der Waals surface area contributed by atoms with Gasteiger partial charge in [-0.2, -0.15) is 0 Å². The van der Waals surface area contributed by atoms with Crippen molar-refractivity contribution >= 4 is 0 Å². The van der Waals surface area contributed by atoms with Gasteiger partial charge >= 0.3 is 0 Å². The lowest BCUT2D eigenvalue weighted by Crippen LogP contribution is -2.40. The summed E-state index contributed by atoms with van der Waals surface area (Å²) in [6.07, 6.45) is 13.4. The molecule has 0 saturated heterocycles. The SMILES string of the molecule is C=C1CCCC2C3C=CC12C=C[C@@H]3OC. The van der Waals surface area contributed by atoms with Crippen molar-refractivity contribution in [2.45, 2.75) is 25.4 Å². The predicted octanol–water partition coefficient (Wildman–Crippen LogP) is 3.10. The molecule has 1 nitrogen and oxygen atoms in total. The molecule has 3 unspecified atom stereocenters. The second kappa shape index (κ2) is 3.08. The molecular formula is C14H18O. The lowest BCUT2D eigenvalue weighted by atomic mass is 9.60. The van der Waals surface area contributed by atoms with Crippen LogP contribution in [0.5, 0.6) is 0 Å². The van der Waals surface area contributed by atoms with E-state index in [2.05, 4.69) is 30.9 Å². The summed E-state index contributed by atoms with van der Waals surface area (Å²) < 4.78 is 5.53. The third-order valence-corrected chi connectivity index (χ3v) is 4.49. The molecule has 4 atom stereocenters. The average Bonchev–Trinajstić information content (AvgIpc) is 2.54. The highest BCUT2D eigenvalue weighted by Crippen LogP contribution is 2.57. The second-order valence-corrected chi connectivity index (χ2v) is 5.03. The zero-order valence-electron chi connectivity index (χ0n) is 9.28. The molecule has 0 amide bonds. The van der Waals surface area contributed by atoms with E-state index in [1.165, 1.54) is 24.8 Å². The molecule has 0 aromatic heterocycles. The Morgan fingerprint density at radius 2 is 2.20 bits per heavy atom. The van der Waals surface area contributed by atoms with Crippen LogP contribution in [0.4, 0.5) is 0 Å². The van der Waals surface area contributed by atoms with E-state index in [0.29, 0.717) is 11.8 Å². The molecular weight excluding hydrogens is 184 g/mol. The van der Waals surface area contributed by atoms with Crippen molar-refractivity contribution in [3.63, 3.8) is 0 Å². The number of rotatable bonds is 1. The quantitative estimate of drug-likeness (QED) is 0.594. The molecule has 0 N–H and O–H groups in total. The van der Waals surface area contributed by atoms with Crippen molar-refractivity contribution in [1.29, 1.82) is 0 Å². The minimum atomic E-state index is 0.192. The van der Waals surface area contributed by atoms with E-state index in [0.717, 1.165) is 0 Å². The van der Waals surface area contributed by atoms with Crippen LogP contribution in [-0.2, 0) is 4.74 Å². The maximum Gasteiger partial charge on any atom is 0.0818 e. The molecule has 15 heavy (non-hydrogen) atoms. The topological polar surface area (TPSA) is 9.23 Å². The molecule has 0 radical (unpaired) electrons. The molecule has 3 rings (SSSR count). The van der Waals surface area contributed by atoms with Crippen molar-refractivity contribution in [2.75, 3.05) is 7.11 Å². The minimum absolute atomic E-state index is 0.192. The third-order valence-electron chi connectivity index (χ3n) is 4.49. The van der Waals surface area contributed by atoms with E-state index in [9.17, 15) is 0 Å². The molecule has 3 aliphatic rings. The monoisotopic (exact) mass is 202 g/mol. The summed E-state index contributed by atoms with van der Waals surface area (Å²) in [5.41, 5.74) is 1.60. The van der Waals surface area contributed by atoms with Crippen LogP contribution >= 0.6 is 0 Å². The zero-order chi connectivity index (χ0) is 10.5. The smallest absolute Gasteiger partial charge is 0.0818 e. The maximum atomic E-state index is 5.53. The number of hydrogen-bond donors (Lipinski definition) is 0. The van der Waals surface area contributed by atoms with Crippen molar-refractivity contribution < 1.29 is 4.74 Å². The highest BCUT2D eigenvalue weighted by Gasteiger charge is 2.50. The van der Waals surface area contributed by atoms with Gasteiger partial charge in [0, 0.05) is 18.4 Å². The second-order valence-electron chi connectivity index (χ2n) is 5.03. The molecule has 3 aliphatic carbocycles. The maximum absolute atomic E-state index is 5.53.